The number of benzene rings is 9. The maximum Gasteiger partial charge on any atom is 0.0646 e. The van der Waals surface area contributed by atoms with Gasteiger partial charge in [-0.3, -0.25) is 0 Å². The highest BCUT2D eigenvalue weighted by atomic mass is 15.2. The monoisotopic (exact) mass is 1290 g/mol. The van der Waals surface area contributed by atoms with Crippen molar-refractivity contribution in [2.24, 2.45) is 5.92 Å². The van der Waals surface area contributed by atoms with E-state index in [2.05, 4.69) is 313 Å². The van der Waals surface area contributed by atoms with E-state index in [9.17, 15) is 0 Å². The SMILES string of the molecule is CCCCCCC1(CCCCC)c2ccccc2-c2ccc(NC(C)(C)C(CC)(CC)c3ccc(-c4ccc(C(C)(c5ccc(-c6ccc(N(c7ccc8c(c7)C(CCCCCC)(CCCCCC)c7ccccc7-8)C(C)(C)c7ccccc7)cc6)cc5)C(C)C)cc4)cc3)cc21. The van der Waals surface area contributed by atoms with Crippen molar-refractivity contribution < 1.29 is 0 Å². The number of nitrogens with one attached hydrogen (secondary N) is 1. The predicted molar refractivity (Wildman–Crippen MR) is 422 cm³/mol. The molecule has 0 spiro atoms. The molecule has 0 amide bonds. The molecule has 0 saturated heterocycles. The molecule has 0 bridgehead atoms. The fraction of sp³-hybridized carbons (Fsp3) is 0.432. The van der Waals surface area contributed by atoms with Gasteiger partial charge in [-0.15, -0.1) is 0 Å². The van der Waals surface area contributed by atoms with Crippen molar-refractivity contribution in [3.8, 4) is 44.5 Å². The van der Waals surface area contributed by atoms with Crippen molar-refractivity contribution in [1.82, 2.24) is 0 Å². The Morgan fingerprint density at radius 3 is 1.15 bits per heavy atom. The molecule has 0 radical (unpaired) electrons. The summed E-state index contributed by atoms with van der Waals surface area (Å²) in [5, 5.41) is 4.24. The molecule has 0 aliphatic heterocycles. The Kier molecular flexibility index (Phi) is 22.5. The third-order valence-corrected chi connectivity index (χ3v) is 24.6. The second kappa shape index (κ2) is 30.8. The fourth-order valence-electron chi connectivity index (χ4n) is 18.5. The van der Waals surface area contributed by atoms with Crippen molar-refractivity contribution in [3.05, 3.63) is 257 Å². The van der Waals surface area contributed by atoms with Crippen LogP contribution in [0.4, 0.5) is 17.1 Å². The van der Waals surface area contributed by atoms with Crippen molar-refractivity contribution in [3.63, 3.8) is 0 Å². The first-order valence-electron chi connectivity index (χ1n) is 38.6. The van der Waals surface area contributed by atoms with Crippen LogP contribution in [-0.4, -0.2) is 5.54 Å². The Labute approximate surface area is 588 Å². The molecule has 2 unspecified atom stereocenters. The molecule has 0 fully saturated rings. The van der Waals surface area contributed by atoms with Crippen molar-refractivity contribution >= 4 is 17.1 Å². The molecule has 2 aliphatic rings. The summed E-state index contributed by atoms with van der Waals surface area (Å²) in [5.41, 5.74) is 25.2. The number of rotatable bonds is 34. The third kappa shape index (κ3) is 13.8. The Balaban J connectivity index is 0.831. The van der Waals surface area contributed by atoms with E-state index >= 15 is 0 Å². The number of nitrogens with zero attached hydrogens (tertiary/aromatic N) is 1. The first-order valence-corrected chi connectivity index (χ1v) is 38.6. The van der Waals surface area contributed by atoms with Crippen molar-refractivity contribution in [1.29, 1.82) is 0 Å². The summed E-state index contributed by atoms with van der Waals surface area (Å²) in [7, 11) is 0. The van der Waals surface area contributed by atoms with Crippen LogP contribution >= 0.6 is 0 Å². The van der Waals surface area contributed by atoms with Crippen LogP contribution in [0.25, 0.3) is 44.5 Å². The van der Waals surface area contributed by atoms with Gasteiger partial charge in [0.15, 0.2) is 0 Å². The average Bonchev–Trinajstić information content (AvgIpc) is 1.58. The third-order valence-electron chi connectivity index (χ3n) is 24.6. The molecule has 0 aromatic heterocycles. The van der Waals surface area contributed by atoms with Crippen LogP contribution in [0, 0.1) is 5.92 Å². The molecular weight excluding hydrogens is 1170 g/mol. The van der Waals surface area contributed by atoms with E-state index in [1.165, 1.54) is 211 Å². The molecule has 9 aromatic carbocycles. The second-order valence-electron chi connectivity index (χ2n) is 31.1. The number of unbranched alkanes of at least 4 members (excludes halogenated alkanes) is 11. The van der Waals surface area contributed by atoms with Crippen molar-refractivity contribution in [2.45, 2.75) is 258 Å². The molecule has 2 nitrogen and oxygen atoms in total. The molecule has 2 aliphatic carbocycles. The molecular formula is C95H118N2. The van der Waals surface area contributed by atoms with Gasteiger partial charge in [-0.1, -0.05) is 335 Å². The van der Waals surface area contributed by atoms with E-state index in [0.29, 0.717) is 5.92 Å². The van der Waals surface area contributed by atoms with Gasteiger partial charge in [0.25, 0.3) is 0 Å². The molecule has 1 N–H and O–H groups in total. The second-order valence-corrected chi connectivity index (χ2v) is 31.1. The molecule has 2 atom stereocenters. The standard InChI is InChI=1S/C95H118N2/c1-14-20-24-35-65-93(64-34-23-17-4)86-42-32-30-40-82(86)84-62-58-79(68-88(84)93)96-91(11,12)95(18-5,19-6)78-56-48-73(49-57-78)71-44-52-76(53-45-71)92(13,70(7)8)77-54-46-72(47-55-77)74-50-59-80(60-51-74)97(90(9,10)75-38-28-27-29-39-75)81-61-63-85-83-41-31-33-43-87(83)94(89(85)69-81,66-36-25-21-15-2)67-37-26-22-16-3/h27-33,38-63,68-70,96H,14-26,34-37,64-67H2,1-13H3. The quantitative estimate of drug-likeness (QED) is 0.0405. The van der Waals surface area contributed by atoms with Gasteiger partial charge in [-0.2, -0.15) is 0 Å². The number of anilines is 3. The Bertz CT molecular complexity index is 3980. The van der Waals surface area contributed by atoms with Crippen LogP contribution in [0.5, 0.6) is 0 Å². The predicted octanol–water partition coefficient (Wildman–Crippen LogP) is 28.0. The minimum Gasteiger partial charge on any atom is -0.379 e. The Morgan fingerprint density at radius 1 is 0.340 bits per heavy atom. The zero-order valence-corrected chi connectivity index (χ0v) is 62.1. The highest BCUT2D eigenvalue weighted by Crippen LogP contribution is 2.58. The molecule has 9 aromatic rings. The van der Waals surface area contributed by atoms with Gasteiger partial charge in [-0.05, 0) is 198 Å². The molecule has 0 heterocycles. The van der Waals surface area contributed by atoms with Gasteiger partial charge < -0.3 is 10.2 Å². The molecule has 97 heavy (non-hydrogen) atoms. The van der Waals surface area contributed by atoms with Crippen LogP contribution in [0.3, 0.4) is 0 Å². The van der Waals surface area contributed by atoms with E-state index in [0.717, 1.165) is 12.8 Å². The maximum absolute atomic E-state index is 4.24. The highest BCUT2D eigenvalue weighted by molar-refractivity contribution is 5.85. The lowest BCUT2D eigenvalue weighted by Crippen LogP contribution is -2.52. The van der Waals surface area contributed by atoms with E-state index in [1.807, 2.05) is 0 Å². The van der Waals surface area contributed by atoms with Gasteiger partial charge in [-0.25, -0.2) is 0 Å². The largest absolute Gasteiger partial charge is 0.379 e. The summed E-state index contributed by atoms with van der Waals surface area (Å²) in [5.74, 6) is 0.368. The topological polar surface area (TPSA) is 15.3 Å². The summed E-state index contributed by atoms with van der Waals surface area (Å²) in [4.78, 5) is 2.62. The molecule has 11 rings (SSSR count). The van der Waals surface area contributed by atoms with Gasteiger partial charge in [0.05, 0.1) is 5.54 Å². The van der Waals surface area contributed by atoms with Crippen LogP contribution in [0.1, 0.15) is 269 Å². The van der Waals surface area contributed by atoms with Crippen LogP contribution in [0.2, 0.25) is 0 Å². The van der Waals surface area contributed by atoms with Gasteiger partial charge in [0.1, 0.15) is 0 Å². The summed E-state index contributed by atoms with van der Waals surface area (Å²) in [6.45, 7) is 31.1. The van der Waals surface area contributed by atoms with Gasteiger partial charge in [0.2, 0.25) is 0 Å². The van der Waals surface area contributed by atoms with E-state index < -0.39 is 0 Å². The average molecular weight is 1290 g/mol. The van der Waals surface area contributed by atoms with Gasteiger partial charge in [0, 0.05) is 44.3 Å². The zero-order valence-electron chi connectivity index (χ0n) is 62.1. The first-order chi connectivity index (χ1) is 47.0. The lowest BCUT2D eigenvalue weighted by atomic mass is 9.63. The summed E-state index contributed by atoms with van der Waals surface area (Å²) >= 11 is 0. The summed E-state index contributed by atoms with van der Waals surface area (Å²) in [6.07, 6.45) is 26.1. The molecule has 2 heteroatoms. The van der Waals surface area contributed by atoms with E-state index in [1.54, 1.807) is 16.7 Å². The maximum atomic E-state index is 4.24. The lowest BCUT2D eigenvalue weighted by molar-refractivity contribution is 0.258. The number of fused-ring (bicyclic) bond motifs is 6. The normalized spacial score (nSPS) is 15.4. The molecule has 508 valence electrons. The number of hydrogen-bond acceptors (Lipinski definition) is 2. The number of hydrogen-bond donors (Lipinski definition) is 1. The Hall–Kier alpha value is -7.42. The van der Waals surface area contributed by atoms with Crippen LogP contribution in [0.15, 0.2) is 212 Å². The summed E-state index contributed by atoms with van der Waals surface area (Å²) in [6, 6.07) is 82.9. The first kappa shape index (κ1) is 70.9. The molecule has 0 saturated carbocycles. The van der Waals surface area contributed by atoms with Gasteiger partial charge >= 0.3 is 0 Å². The minimum atomic E-state index is -0.348. The van der Waals surface area contributed by atoms with Crippen LogP contribution < -0.4 is 10.2 Å². The van der Waals surface area contributed by atoms with E-state index in [-0.39, 0.29) is 32.7 Å². The summed E-state index contributed by atoms with van der Waals surface area (Å²) < 4.78 is 0. The minimum absolute atomic E-state index is 0.00795. The Morgan fingerprint density at radius 2 is 0.711 bits per heavy atom. The smallest absolute Gasteiger partial charge is 0.0646 e. The van der Waals surface area contributed by atoms with E-state index in [4.69, 9.17) is 0 Å². The van der Waals surface area contributed by atoms with Crippen molar-refractivity contribution in [2.75, 3.05) is 10.2 Å². The van der Waals surface area contributed by atoms with Crippen LogP contribution in [-0.2, 0) is 27.2 Å². The fourth-order valence-corrected chi connectivity index (χ4v) is 18.5. The lowest BCUT2D eigenvalue weighted by Gasteiger charge is -2.48. The zero-order chi connectivity index (χ0) is 68.4. The highest BCUT2D eigenvalue weighted by Gasteiger charge is 2.47.